The van der Waals surface area contributed by atoms with Crippen molar-refractivity contribution in [3.63, 3.8) is 0 Å². The highest BCUT2D eigenvalue weighted by Gasteiger charge is 2.32. The van der Waals surface area contributed by atoms with E-state index in [1.165, 1.54) is 51.6 Å². The highest BCUT2D eigenvalue weighted by atomic mass is 16.5. The van der Waals surface area contributed by atoms with E-state index in [0.29, 0.717) is 6.04 Å². The Balaban J connectivity index is 1.70. The molecule has 1 unspecified atom stereocenters. The Hall–Kier alpha value is -0.120. The van der Waals surface area contributed by atoms with Crippen molar-refractivity contribution >= 4 is 0 Å². The molecule has 1 saturated heterocycles. The molecule has 2 rings (SSSR count). The smallest absolute Gasteiger partial charge is 0.0613 e. The summed E-state index contributed by atoms with van der Waals surface area (Å²) >= 11 is 0. The Morgan fingerprint density at radius 1 is 1.22 bits per heavy atom. The van der Waals surface area contributed by atoms with Gasteiger partial charge in [-0.2, -0.15) is 0 Å². The van der Waals surface area contributed by atoms with Crippen LogP contribution in [-0.4, -0.2) is 50.3 Å². The number of hydrogen-bond donors (Lipinski definition) is 1. The third kappa shape index (κ3) is 3.94. The second-order valence-corrected chi connectivity index (χ2v) is 6.10. The fourth-order valence-electron chi connectivity index (χ4n) is 3.77. The van der Waals surface area contributed by atoms with Crippen LogP contribution < -0.4 is 5.32 Å². The zero-order valence-corrected chi connectivity index (χ0v) is 12.2. The molecule has 0 radical (unpaired) electrons. The minimum atomic E-state index is 0.474. The average molecular weight is 254 g/mol. The Morgan fingerprint density at radius 2 is 2.00 bits per heavy atom. The molecule has 1 saturated carbocycles. The molecule has 1 N–H and O–H groups in total. The van der Waals surface area contributed by atoms with Gasteiger partial charge in [0.1, 0.15) is 0 Å². The maximum atomic E-state index is 5.16. The van der Waals surface area contributed by atoms with Gasteiger partial charge < -0.3 is 10.1 Å². The van der Waals surface area contributed by atoms with Crippen molar-refractivity contribution in [2.45, 2.75) is 57.5 Å². The van der Waals surface area contributed by atoms with Crippen molar-refractivity contribution in [1.82, 2.24) is 10.2 Å². The average Bonchev–Trinajstić information content (AvgIpc) is 2.39. The van der Waals surface area contributed by atoms with Crippen LogP contribution >= 0.6 is 0 Å². The number of piperidine rings is 1. The Bertz CT molecular complexity index is 233. The molecule has 3 atom stereocenters. The van der Waals surface area contributed by atoms with Crippen LogP contribution in [0.15, 0.2) is 0 Å². The molecule has 0 aromatic carbocycles. The molecule has 106 valence electrons. The van der Waals surface area contributed by atoms with Crippen molar-refractivity contribution in [3.8, 4) is 0 Å². The number of hydrogen-bond acceptors (Lipinski definition) is 3. The molecular formula is C15H30N2O. The zero-order chi connectivity index (χ0) is 12.8. The van der Waals surface area contributed by atoms with Gasteiger partial charge in [0.25, 0.3) is 0 Å². The topological polar surface area (TPSA) is 24.5 Å². The van der Waals surface area contributed by atoms with Gasteiger partial charge in [-0.15, -0.1) is 0 Å². The summed E-state index contributed by atoms with van der Waals surface area (Å²) in [6.45, 7) is 6.65. The fraction of sp³-hybridized carbons (Fsp3) is 1.00. The Labute approximate surface area is 112 Å². The lowest BCUT2D eigenvalue weighted by Gasteiger charge is -2.44. The van der Waals surface area contributed by atoms with Crippen molar-refractivity contribution in [1.29, 1.82) is 0 Å². The minimum Gasteiger partial charge on any atom is -0.383 e. The number of rotatable bonds is 6. The molecule has 0 aromatic heterocycles. The summed E-state index contributed by atoms with van der Waals surface area (Å²) in [4.78, 5) is 2.75. The predicted molar refractivity (Wildman–Crippen MR) is 75.9 cm³/mol. The van der Waals surface area contributed by atoms with Crippen LogP contribution in [0.3, 0.4) is 0 Å². The number of fused-ring (bicyclic) bond motifs is 1. The van der Waals surface area contributed by atoms with Gasteiger partial charge in [0, 0.05) is 32.3 Å². The predicted octanol–water partition coefficient (Wildman–Crippen LogP) is 2.27. The number of nitrogens with one attached hydrogen (secondary N) is 1. The number of ether oxygens (including phenoxy) is 1. The molecule has 0 amide bonds. The molecule has 1 heterocycles. The molecule has 0 aromatic rings. The van der Waals surface area contributed by atoms with Crippen LogP contribution in [-0.2, 0) is 4.74 Å². The second-order valence-electron chi connectivity index (χ2n) is 6.10. The van der Waals surface area contributed by atoms with Crippen molar-refractivity contribution in [2.24, 2.45) is 5.92 Å². The quantitative estimate of drug-likeness (QED) is 0.787. The summed E-state index contributed by atoms with van der Waals surface area (Å²) < 4.78 is 5.16. The maximum Gasteiger partial charge on any atom is 0.0613 e. The molecule has 18 heavy (non-hydrogen) atoms. The molecule has 3 nitrogen and oxygen atoms in total. The first kappa shape index (κ1) is 14.3. The van der Waals surface area contributed by atoms with Gasteiger partial charge in [-0.1, -0.05) is 12.8 Å². The first-order chi connectivity index (χ1) is 8.81. The van der Waals surface area contributed by atoms with Crippen LogP contribution in [0.2, 0.25) is 0 Å². The lowest BCUT2D eigenvalue weighted by molar-refractivity contribution is 0.0604. The third-order valence-electron chi connectivity index (χ3n) is 4.67. The van der Waals surface area contributed by atoms with Gasteiger partial charge in [0.15, 0.2) is 0 Å². The van der Waals surface area contributed by atoms with Gasteiger partial charge in [0.2, 0.25) is 0 Å². The van der Waals surface area contributed by atoms with Crippen molar-refractivity contribution in [2.75, 3.05) is 33.4 Å². The van der Waals surface area contributed by atoms with Crippen molar-refractivity contribution < 1.29 is 4.74 Å². The summed E-state index contributed by atoms with van der Waals surface area (Å²) in [7, 11) is 1.77. The standard InChI is InChI=1S/C15H30N2O/c1-13(12-18-2)16-9-11-17-10-5-7-14-6-3-4-8-15(14)17/h13-16H,3-12H2,1-2H3/t13?,14-,15-/m1/s1. The van der Waals surface area contributed by atoms with Crippen LogP contribution in [0.25, 0.3) is 0 Å². The second kappa shape index (κ2) is 7.46. The van der Waals surface area contributed by atoms with E-state index in [1.54, 1.807) is 7.11 Å². The fourth-order valence-corrected chi connectivity index (χ4v) is 3.77. The molecule has 2 aliphatic rings. The largest absolute Gasteiger partial charge is 0.383 e. The summed E-state index contributed by atoms with van der Waals surface area (Å²) in [5.74, 6) is 1.00. The van der Waals surface area contributed by atoms with Gasteiger partial charge in [-0.25, -0.2) is 0 Å². The highest BCUT2D eigenvalue weighted by molar-refractivity contribution is 4.87. The van der Waals surface area contributed by atoms with Crippen molar-refractivity contribution in [3.05, 3.63) is 0 Å². The van der Waals surface area contributed by atoms with Crippen LogP contribution in [0, 0.1) is 5.92 Å². The summed E-state index contributed by atoms with van der Waals surface area (Å²) in [5, 5.41) is 3.56. The first-order valence-corrected chi connectivity index (χ1v) is 7.77. The lowest BCUT2D eigenvalue weighted by Crippen LogP contribution is -2.49. The maximum absolute atomic E-state index is 5.16. The van der Waals surface area contributed by atoms with Crippen LogP contribution in [0.4, 0.5) is 0 Å². The van der Waals surface area contributed by atoms with E-state index >= 15 is 0 Å². The van der Waals surface area contributed by atoms with E-state index in [9.17, 15) is 0 Å². The Morgan fingerprint density at radius 3 is 2.83 bits per heavy atom. The minimum absolute atomic E-state index is 0.474. The Kier molecular flexibility index (Phi) is 5.93. The van der Waals surface area contributed by atoms with Gasteiger partial charge in [0.05, 0.1) is 6.61 Å². The molecule has 1 aliphatic carbocycles. The highest BCUT2D eigenvalue weighted by Crippen LogP contribution is 2.34. The van der Waals surface area contributed by atoms with Gasteiger partial charge >= 0.3 is 0 Å². The van der Waals surface area contributed by atoms with E-state index in [1.807, 2.05) is 0 Å². The SMILES string of the molecule is COCC(C)NCCN1CCC[C@H]2CCCC[C@H]21. The van der Waals surface area contributed by atoms with Gasteiger partial charge in [-0.05, 0) is 45.1 Å². The molecular weight excluding hydrogens is 224 g/mol. The van der Waals surface area contributed by atoms with E-state index in [4.69, 9.17) is 4.74 Å². The van der Waals surface area contributed by atoms with E-state index in [2.05, 4.69) is 17.1 Å². The molecule has 3 heteroatoms. The normalized spacial score (nSPS) is 31.0. The number of nitrogens with zero attached hydrogens (tertiary/aromatic N) is 1. The number of methoxy groups -OCH3 is 1. The third-order valence-corrected chi connectivity index (χ3v) is 4.67. The lowest BCUT2D eigenvalue weighted by atomic mass is 9.78. The first-order valence-electron chi connectivity index (χ1n) is 7.77. The monoisotopic (exact) mass is 254 g/mol. The van der Waals surface area contributed by atoms with E-state index in [-0.39, 0.29) is 0 Å². The zero-order valence-electron chi connectivity index (χ0n) is 12.2. The van der Waals surface area contributed by atoms with E-state index < -0.39 is 0 Å². The van der Waals surface area contributed by atoms with E-state index in [0.717, 1.165) is 25.1 Å². The molecule has 1 aliphatic heterocycles. The van der Waals surface area contributed by atoms with Crippen LogP contribution in [0.1, 0.15) is 45.4 Å². The van der Waals surface area contributed by atoms with Crippen LogP contribution in [0.5, 0.6) is 0 Å². The summed E-state index contributed by atoms with van der Waals surface area (Å²) in [6, 6.07) is 1.37. The molecule has 0 bridgehead atoms. The summed E-state index contributed by atoms with van der Waals surface area (Å²) in [5.41, 5.74) is 0. The summed E-state index contributed by atoms with van der Waals surface area (Å²) in [6.07, 6.45) is 8.74. The number of likely N-dealkylation sites (tertiary alicyclic amines) is 1. The molecule has 0 spiro atoms. The molecule has 2 fully saturated rings. The van der Waals surface area contributed by atoms with Gasteiger partial charge in [-0.3, -0.25) is 4.90 Å².